The zero-order valence-electron chi connectivity index (χ0n) is 33.8. The van der Waals surface area contributed by atoms with E-state index in [9.17, 15) is 9.59 Å². The average Bonchev–Trinajstić information content (AvgIpc) is 3.24. The summed E-state index contributed by atoms with van der Waals surface area (Å²) in [5.41, 5.74) is 18.1. The van der Waals surface area contributed by atoms with Crippen LogP contribution in [0.2, 0.25) is 0 Å². The summed E-state index contributed by atoms with van der Waals surface area (Å²) in [5.74, 6) is 1.55. The van der Waals surface area contributed by atoms with Crippen LogP contribution in [0, 0.1) is 11.3 Å². The van der Waals surface area contributed by atoms with Crippen LogP contribution in [0.25, 0.3) is 44.8 Å². The van der Waals surface area contributed by atoms with Crippen molar-refractivity contribution in [2.75, 3.05) is 84.5 Å². The van der Waals surface area contributed by atoms with E-state index < -0.39 is 5.41 Å². The molecule has 2 fully saturated rings. The number of morpholine rings is 2. The van der Waals surface area contributed by atoms with Gasteiger partial charge in [-0.2, -0.15) is 19.9 Å². The topological polar surface area (TPSA) is 238 Å². The Morgan fingerprint density at radius 1 is 0.627 bits per heavy atom. The van der Waals surface area contributed by atoms with Gasteiger partial charge in [-0.15, -0.1) is 0 Å². The van der Waals surface area contributed by atoms with Gasteiger partial charge in [-0.25, -0.2) is 19.9 Å². The van der Waals surface area contributed by atoms with E-state index in [-0.39, 0.29) is 29.6 Å². The molecule has 0 unspecified atom stereocenters. The number of fused-ring (bicyclic) bond motifs is 2. The highest BCUT2D eigenvalue weighted by Gasteiger charge is 2.23. The molecule has 18 nitrogen and oxygen atoms in total. The molecule has 0 atom stereocenters. The summed E-state index contributed by atoms with van der Waals surface area (Å²) < 4.78 is 10.9. The van der Waals surface area contributed by atoms with Gasteiger partial charge in [0.25, 0.3) is 0 Å². The maximum absolute atomic E-state index is 12.2. The Morgan fingerprint density at radius 2 is 1.03 bits per heavy atom. The van der Waals surface area contributed by atoms with Crippen LogP contribution in [-0.2, 0) is 19.1 Å². The monoisotopic (exact) mass is 800 g/mol. The molecule has 6 heterocycles. The lowest BCUT2D eigenvalue weighted by Crippen LogP contribution is -2.37. The minimum atomic E-state index is -0.458. The maximum atomic E-state index is 12.2. The molecule has 0 spiro atoms. The van der Waals surface area contributed by atoms with E-state index in [0.717, 1.165) is 22.5 Å². The van der Waals surface area contributed by atoms with Crippen LogP contribution < -0.4 is 31.9 Å². The minimum Gasteiger partial charge on any atom is -0.378 e. The lowest BCUT2D eigenvalue weighted by molar-refractivity contribution is -0.123. The number of nitrogens with one attached hydrogen (secondary N) is 2. The van der Waals surface area contributed by atoms with E-state index >= 15 is 0 Å². The molecular weight excluding hydrogens is 753 g/mol. The molecule has 306 valence electrons. The molecule has 2 saturated heterocycles. The first-order chi connectivity index (χ1) is 28.3. The van der Waals surface area contributed by atoms with Crippen molar-refractivity contribution in [2.24, 2.45) is 11.3 Å². The second-order valence-electron chi connectivity index (χ2n) is 15.4. The number of nitrogens with zero attached hydrogens (tertiary/aromatic N) is 10. The molecule has 6 N–H and O–H groups in total. The molecule has 59 heavy (non-hydrogen) atoms. The molecule has 2 aromatic carbocycles. The Morgan fingerprint density at radius 3 is 1.42 bits per heavy atom. The van der Waals surface area contributed by atoms with E-state index in [1.807, 2.05) is 83.1 Å². The van der Waals surface area contributed by atoms with Gasteiger partial charge in [0.05, 0.1) is 50.2 Å². The average molecular weight is 801 g/mol. The number of nitrogens with two attached hydrogens (primary N) is 2. The van der Waals surface area contributed by atoms with Gasteiger partial charge >= 0.3 is 0 Å². The maximum Gasteiger partial charge on any atom is 0.229 e. The van der Waals surface area contributed by atoms with Crippen molar-refractivity contribution in [3.8, 4) is 22.5 Å². The number of benzene rings is 2. The smallest absolute Gasteiger partial charge is 0.229 e. The number of hydrogen-bond donors (Lipinski definition) is 4. The van der Waals surface area contributed by atoms with Gasteiger partial charge < -0.3 is 41.4 Å². The van der Waals surface area contributed by atoms with Gasteiger partial charge in [-0.3, -0.25) is 9.59 Å². The van der Waals surface area contributed by atoms with Crippen LogP contribution in [0.1, 0.15) is 34.6 Å². The van der Waals surface area contributed by atoms with Crippen molar-refractivity contribution in [3.63, 3.8) is 0 Å². The molecule has 2 aliphatic heterocycles. The molecular formula is C41H48N14O4. The van der Waals surface area contributed by atoms with Crippen molar-refractivity contribution < 1.29 is 19.1 Å². The molecule has 2 aliphatic rings. The third kappa shape index (κ3) is 9.73. The van der Waals surface area contributed by atoms with Gasteiger partial charge in [0.15, 0.2) is 34.0 Å². The molecule has 6 aromatic rings. The summed E-state index contributed by atoms with van der Waals surface area (Å²) >= 11 is 0. The third-order valence-electron chi connectivity index (χ3n) is 9.53. The van der Waals surface area contributed by atoms with Gasteiger partial charge in [-0.1, -0.05) is 58.9 Å². The molecule has 0 aliphatic carbocycles. The van der Waals surface area contributed by atoms with Crippen LogP contribution in [-0.4, -0.2) is 104 Å². The Kier molecular flexibility index (Phi) is 12.0. The van der Waals surface area contributed by atoms with Crippen molar-refractivity contribution in [1.29, 1.82) is 0 Å². The standard InChI is InChI=1S/C21H25N7O2.C20H23N7O2/c1-21(2,3)19(29)24-14-6-4-13(5-7-14)15-12-23-17-16(25-15)18(27-20(22)26-17)28-8-10-30-11-9-28;1-12(2)19(28)23-14-5-3-13(4-6-14)15-11-22-17-16(24-15)18(26-20(21)25-17)27-7-9-29-10-8-27/h4-7,12H,8-11H2,1-3H3,(H,24,29)(H2,22,23,26,27);3-6,11-12H,7-10H2,1-2H3,(H,23,28)(H2,21,22,25,26). The van der Waals surface area contributed by atoms with E-state index in [0.29, 0.717) is 98.0 Å². The van der Waals surface area contributed by atoms with E-state index in [4.69, 9.17) is 30.9 Å². The third-order valence-corrected chi connectivity index (χ3v) is 9.53. The number of rotatable bonds is 7. The number of anilines is 6. The van der Waals surface area contributed by atoms with E-state index in [2.05, 4.69) is 50.3 Å². The summed E-state index contributed by atoms with van der Waals surface area (Å²) in [6.45, 7) is 14.7. The first kappa shape index (κ1) is 40.5. The Bertz CT molecular complexity index is 2450. The van der Waals surface area contributed by atoms with E-state index in [1.54, 1.807) is 12.4 Å². The van der Waals surface area contributed by atoms with Gasteiger partial charge in [0.2, 0.25) is 23.7 Å². The van der Waals surface area contributed by atoms with Crippen molar-refractivity contribution in [3.05, 3.63) is 60.9 Å². The first-order valence-electron chi connectivity index (χ1n) is 19.4. The quantitative estimate of drug-likeness (QED) is 0.173. The van der Waals surface area contributed by atoms with Crippen molar-refractivity contribution in [2.45, 2.75) is 34.6 Å². The lowest BCUT2D eigenvalue weighted by Gasteiger charge is -2.28. The summed E-state index contributed by atoms with van der Waals surface area (Å²) in [7, 11) is 0. The fourth-order valence-corrected chi connectivity index (χ4v) is 6.14. The molecule has 2 amide bonds. The second kappa shape index (κ2) is 17.5. The number of aromatic nitrogens is 8. The van der Waals surface area contributed by atoms with Gasteiger partial charge in [0.1, 0.15) is 0 Å². The second-order valence-corrected chi connectivity index (χ2v) is 15.4. The molecule has 8 rings (SSSR count). The van der Waals surface area contributed by atoms with E-state index in [1.165, 1.54) is 0 Å². The number of amides is 2. The summed E-state index contributed by atoms with van der Waals surface area (Å²) in [4.78, 5) is 63.9. The zero-order valence-corrected chi connectivity index (χ0v) is 33.8. The van der Waals surface area contributed by atoms with Crippen LogP contribution in [0.15, 0.2) is 60.9 Å². The normalized spacial score (nSPS) is 14.5. The van der Waals surface area contributed by atoms with Gasteiger partial charge in [0, 0.05) is 60.0 Å². The Hall–Kier alpha value is -6.66. The van der Waals surface area contributed by atoms with Crippen molar-refractivity contribution >= 4 is 69.0 Å². The fourth-order valence-electron chi connectivity index (χ4n) is 6.14. The fraction of sp³-hybridized carbons (Fsp3) is 0.366. The largest absolute Gasteiger partial charge is 0.378 e. The molecule has 0 bridgehead atoms. The zero-order chi connectivity index (χ0) is 41.7. The number of carbonyl (C=O) groups excluding carboxylic acids is 2. The van der Waals surface area contributed by atoms with Crippen LogP contribution in [0.3, 0.4) is 0 Å². The molecule has 4 aromatic heterocycles. The number of ether oxygens (including phenoxy) is 2. The molecule has 18 heteroatoms. The summed E-state index contributed by atoms with van der Waals surface area (Å²) in [6.07, 6.45) is 3.33. The van der Waals surface area contributed by atoms with Crippen LogP contribution in [0.4, 0.5) is 34.9 Å². The van der Waals surface area contributed by atoms with Crippen molar-refractivity contribution in [1.82, 2.24) is 39.9 Å². The van der Waals surface area contributed by atoms with Crippen LogP contribution in [0.5, 0.6) is 0 Å². The summed E-state index contributed by atoms with van der Waals surface area (Å²) in [6, 6.07) is 15.0. The number of nitrogen functional groups attached to an aromatic ring is 2. The minimum absolute atomic E-state index is 0.0202. The Labute approximate surface area is 341 Å². The first-order valence-corrected chi connectivity index (χ1v) is 19.4. The highest BCUT2D eigenvalue weighted by Crippen LogP contribution is 2.29. The highest BCUT2D eigenvalue weighted by molar-refractivity contribution is 5.95. The SMILES string of the molecule is CC(C)(C)C(=O)Nc1ccc(-c2cnc3nc(N)nc(N4CCOCC4)c3n2)cc1.CC(C)C(=O)Nc1ccc(-c2cnc3nc(N)nc(N4CCOCC4)c3n2)cc1. The number of carbonyl (C=O) groups is 2. The predicted molar refractivity (Wildman–Crippen MR) is 228 cm³/mol. The highest BCUT2D eigenvalue weighted by atomic mass is 16.5. The molecule has 0 radical (unpaired) electrons. The Balaban J connectivity index is 0.000000179. The van der Waals surface area contributed by atoms with Gasteiger partial charge in [-0.05, 0) is 24.3 Å². The lowest BCUT2D eigenvalue weighted by atomic mass is 9.95. The molecule has 0 saturated carbocycles. The predicted octanol–water partition coefficient (Wildman–Crippen LogP) is 4.59. The summed E-state index contributed by atoms with van der Waals surface area (Å²) in [5, 5.41) is 5.80. The van der Waals surface area contributed by atoms with Crippen LogP contribution >= 0.6 is 0 Å². The number of hydrogen-bond acceptors (Lipinski definition) is 16.